The summed E-state index contributed by atoms with van der Waals surface area (Å²) in [5.74, 6) is -0.514. The third kappa shape index (κ3) is 2.99. The number of carboxylic acid groups (broad SMARTS) is 1. The fraction of sp³-hybridized carbons (Fsp3) is 0.562. The molecule has 1 saturated carbocycles. The van der Waals surface area contributed by atoms with Crippen molar-refractivity contribution >= 4 is 21.9 Å². The van der Waals surface area contributed by atoms with Gasteiger partial charge in [-0.05, 0) is 58.8 Å². The molecule has 0 radical (unpaired) electrons. The highest BCUT2D eigenvalue weighted by atomic mass is 79.9. The highest BCUT2D eigenvalue weighted by Gasteiger charge is 2.44. The van der Waals surface area contributed by atoms with Crippen LogP contribution < -0.4 is 0 Å². The lowest BCUT2D eigenvalue weighted by Crippen LogP contribution is -2.41. The molecule has 114 valence electrons. The van der Waals surface area contributed by atoms with Gasteiger partial charge in [-0.1, -0.05) is 18.9 Å². The largest absolute Gasteiger partial charge is 0.480 e. The van der Waals surface area contributed by atoms with Crippen LogP contribution in [-0.4, -0.2) is 28.1 Å². The minimum absolute atomic E-state index is 0.287. The van der Waals surface area contributed by atoms with Crippen molar-refractivity contribution in [1.82, 2.24) is 4.90 Å². The number of hydrogen-bond donors (Lipinski definition) is 1. The van der Waals surface area contributed by atoms with E-state index in [0.717, 1.165) is 24.8 Å². The topological polar surface area (TPSA) is 40.5 Å². The number of fused-ring (bicyclic) bond motifs is 1. The second-order valence-electron chi connectivity index (χ2n) is 6.12. The molecule has 3 rings (SSSR count). The van der Waals surface area contributed by atoms with Gasteiger partial charge in [0, 0.05) is 12.6 Å². The lowest BCUT2D eigenvalue weighted by molar-refractivity contribution is -0.142. The van der Waals surface area contributed by atoms with E-state index < -0.39 is 12.0 Å². The third-order valence-electron chi connectivity index (χ3n) is 4.86. The number of halogens is 2. The summed E-state index contributed by atoms with van der Waals surface area (Å²) in [6, 6.07) is 4.90. The molecule has 0 aromatic heterocycles. The molecule has 2 aliphatic rings. The third-order valence-corrected chi connectivity index (χ3v) is 5.46. The molecule has 5 heteroatoms. The summed E-state index contributed by atoms with van der Waals surface area (Å²) in [4.78, 5) is 13.7. The van der Waals surface area contributed by atoms with Gasteiger partial charge in [0.05, 0.1) is 4.47 Å². The van der Waals surface area contributed by atoms with E-state index in [0.29, 0.717) is 23.0 Å². The van der Waals surface area contributed by atoms with E-state index in [1.165, 1.54) is 18.9 Å². The van der Waals surface area contributed by atoms with Gasteiger partial charge in [-0.25, -0.2) is 4.39 Å². The standard InChI is InChI=1S/C16H19BrFNO2/c17-12-7-10(5-6-13(12)18)9-19-14-4-2-1-3-11(14)8-15(19)16(20)21/h5-7,11,14-15H,1-4,8-9H2,(H,20,21)/t11-,14-,15+/m1/s1. The Morgan fingerprint density at radius 3 is 2.86 bits per heavy atom. The highest BCUT2D eigenvalue weighted by Crippen LogP contribution is 2.40. The van der Waals surface area contributed by atoms with Crippen molar-refractivity contribution in [3.05, 3.63) is 34.1 Å². The van der Waals surface area contributed by atoms with Gasteiger partial charge in [0.2, 0.25) is 0 Å². The van der Waals surface area contributed by atoms with Crippen molar-refractivity contribution < 1.29 is 14.3 Å². The summed E-state index contributed by atoms with van der Waals surface area (Å²) < 4.78 is 13.8. The van der Waals surface area contributed by atoms with E-state index in [-0.39, 0.29) is 5.82 Å². The van der Waals surface area contributed by atoms with E-state index in [4.69, 9.17) is 0 Å². The van der Waals surface area contributed by atoms with Crippen LogP contribution in [0.1, 0.15) is 37.7 Å². The molecule has 1 aliphatic carbocycles. The van der Waals surface area contributed by atoms with Crippen LogP contribution in [0.3, 0.4) is 0 Å². The van der Waals surface area contributed by atoms with Crippen LogP contribution in [0.25, 0.3) is 0 Å². The van der Waals surface area contributed by atoms with Crippen molar-refractivity contribution in [3.63, 3.8) is 0 Å². The second-order valence-corrected chi connectivity index (χ2v) is 6.98. The molecular weight excluding hydrogens is 337 g/mol. The average molecular weight is 356 g/mol. The Balaban J connectivity index is 1.82. The summed E-state index contributed by atoms with van der Waals surface area (Å²) in [5.41, 5.74) is 0.959. The molecule has 0 bridgehead atoms. The number of carbonyl (C=O) groups is 1. The maximum Gasteiger partial charge on any atom is 0.320 e. The van der Waals surface area contributed by atoms with E-state index in [2.05, 4.69) is 20.8 Å². The van der Waals surface area contributed by atoms with Gasteiger partial charge in [0.1, 0.15) is 11.9 Å². The maximum absolute atomic E-state index is 13.3. The summed E-state index contributed by atoms with van der Waals surface area (Å²) in [6.45, 7) is 0.580. The van der Waals surface area contributed by atoms with Gasteiger partial charge in [-0.15, -0.1) is 0 Å². The number of rotatable bonds is 3. The average Bonchev–Trinajstić information content (AvgIpc) is 2.82. The van der Waals surface area contributed by atoms with Gasteiger partial charge >= 0.3 is 5.97 Å². The Kier molecular flexibility index (Phi) is 4.31. The lowest BCUT2D eigenvalue weighted by Gasteiger charge is -2.33. The predicted molar refractivity (Wildman–Crippen MR) is 81.4 cm³/mol. The zero-order chi connectivity index (χ0) is 15.0. The van der Waals surface area contributed by atoms with Crippen molar-refractivity contribution in [2.75, 3.05) is 0 Å². The highest BCUT2D eigenvalue weighted by molar-refractivity contribution is 9.10. The minimum Gasteiger partial charge on any atom is -0.480 e. The molecular formula is C16H19BrFNO2. The van der Waals surface area contributed by atoms with Gasteiger partial charge in [-0.3, -0.25) is 9.69 Å². The van der Waals surface area contributed by atoms with Gasteiger partial charge in [-0.2, -0.15) is 0 Å². The zero-order valence-corrected chi connectivity index (χ0v) is 13.4. The molecule has 0 unspecified atom stereocenters. The van der Waals surface area contributed by atoms with Gasteiger partial charge in [0.15, 0.2) is 0 Å². The molecule has 3 nitrogen and oxygen atoms in total. The normalized spacial score (nSPS) is 29.3. The van der Waals surface area contributed by atoms with Crippen LogP contribution in [0.2, 0.25) is 0 Å². The molecule has 3 atom stereocenters. The maximum atomic E-state index is 13.3. The molecule has 1 aromatic carbocycles. The molecule has 1 saturated heterocycles. The first-order valence-electron chi connectivity index (χ1n) is 7.48. The van der Waals surface area contributed by atoms with E-state index in [9.17, 15) is 14.3 Å². The van der Waals surface area contributed by atoms with E-state index >= 15 is 0 Å². The van der Waals surface area contributed by atoms with Crippen LogP contribution in [0.5, 0.6) is 0 Å². The fourth-order valence-electron chi connectivity index (χ4n) is 3.87. The van der Waals surface area contributed by atoms with Gasteiger partial charge in [0.25, 0.3) is 0 Å². The summed E-state index contributed by atoms with van der Waals surface area (Å²) >= 11 is 3.20. The number of carboxylic acids is 1. The zero-order valence-electron chi connectivity index (χ0n) is 11.8. The van der Waals surface area contributed by atoms with Crippen molar-refractivity contribution in [3.8, 4) is 0 Å². The first-order valence-corrected chi connectivity index (χ1v) is 8.28. The molecule has 1 N–H and O–H groups in total. The lowest BCUT2D eigenvalue weighted by atomic mass is 9.84. The SMILES string of the molecule is O=C(O)[C@@H]1C[C@H]2CCCC[C@H]2N1Cc1ccc(F)c(Br)c1. The van der Waals surface area contributed by atoms with Crippen molar-refractivity contribution in [1.29, 1.82) is 0 Å². The second kappa shape index (κ2) is 6.05. The van der Waals surface area contributed by atoms with Crippen molar-refractivity contribution in [2.24, 2.45) is 5.92 Å². The van der Waals surface area contributed by atoms with Crippen LogP contribution in [0, 0.1) is 11.7 Å². The van der Waals surface area contributed by atoms with Crippen LogP contribution in [0.4, 0.5) is 4.39 Å². The predicted octanol–water partition coefficient (Wildman–Crippen LogP) is 3.81. The molecule has 1 aromatic rings. The first-order chi connectivity index (χ1) is 10.1. The fourth-order valence-corrected chi connectivity index (χ4v) is 4.30. The Morgan fingerprint density at radius 1 is 1.38 bits per heavy atom. The number of benzene rings is 1. The number of nitrogens with zero attached hydrogens (tertiary/aromatic N) is 1. The number of aliphatic carboxylic acids is 1. The number of likely N-dealkylation sites (tertiary alicyclic amines) is 1. The molecule has 0 spiro atoms. The van der Waals surface area contributed by atoms with Crippen LogP contribution in [0.15, 0.2) is 22.7 Å². The Hall–Kier alpha value is -0.940. The molecule has 21 heavy (non-hydrogen) atoms. The van der Waals surface area contributed by atoms with Gasteiger partial charge < -0.3 is 5.11 Å². The molecule has 2 fully saturated rings. The number of hydrogen-bond acceptors (Lipinski definition) is 2. The van der Waals surface area contributed by atoms with E-state index in [1.807, 2.05) is 0 Å². The van der Waals surface area contributed by atoms with Crippen molar-refractivity contribution in [2.45, 2.75) is 50.7 Å². The molecule has 0 amide bonds. The molecule has 1 heterocycles. The Bertz CT molecular complexity index is 551. The Morgan fingerprint density at radius 2 is 2.14 bits per heavy atom. The summed E-state index contributed by atoms with van der Waals surface area (Å²) in [6.07, 6.45) is 5.36. The Labute approximate surface area is 132 Å². The minimum atomic E-state index is -0.731. The first kappa shape index (κ1) is 15.0. The smallest absolute Gasteiger partial charge is 0.320 e. The summed E-state index contributed by atoms with van der Waals surface area (Å²) in [5, 5.41) is 9.50. The molecule has 1 aliphatic heterocycles. The van der Waals surface area contributed by atoms with E-state index in [1.54, 1.807) is 12.1 Å². The summed E-state index contributed by atoms with van der Waals surface area (Å²) in [7, 11) is 0. The van der Waals surface area contributed by atoms with Crippen LogP contribution in [-0.2, 0) is 11.3 Å². The monoisotopic (exact) mass is 355 g/mol. The van der Waals surface area contributed by atoms with Crippen LogP contribution >= 0.6 is 15.9 Å². The quantitative estimate of drug-likeness (QED) is 0.896.